The Morgan fingerprint density at radius 1 is 1.15 bits per heavy atom. The second-order valence-corrected chi connectivity index (χ2v) is 6.39. The van der Waals surface area contributed by atoms with E-state index in [0.29, 0.717) is 0 Å². The highest BCUT2D eigenvalue weighted by Gasteiger charge is 2.20. The van der Waals surface area contributed by atoms with Crippen molar-refractivity contribution in [2.24, 2.45) is 0 Å². The molecule has 1 aromatic heterocycles. The van der Waals surface area contributed by atoms with E-state index in [1.807, 2.05) is 11.3 Å². The summed E-state index contributed by atoms with van der Waals surface area (Å²) in [5.74, 6) is 1.00. The minimum atomic E-state index is 0.202. The average Bonchev–Trinajstić information content (AvgIpc) is 2.86. The lowest BCUT2D eigenvalue weighted by Gasteiger charge is -2.22. The zero-order chi connectivity index (χ0) is 14.7. The van der Waals surface area contributed by atoms with E-state index in [1.54, 1.807) is 7.11 Å². The molecule has 20 heavy (non-hydrogen) atoms. The van der Waals surface area contributed by atoms with Gasteiger partial charge in [0.2, 0.25) is 0 Å². The van der Waals surface area contributed by atoms with Gasteiger partial charge in [0.25, 0.3) is 0 Å². The van der Waals surface area contributed by atoms with Crippen molar-refractivity contribution in [3.63, 3.8) is 0 Å². The molecule has 0 aliphatic heterocycles. The molecule has 3 heteroatoms. The fraction of sp³-hybridized carbons (Fsp3) is 0.412. The second-order valence-electron chi connectivity index (χ2n) is 5.07. The lowest BCUT2D eigenvalue weighted by molar-refractivity contribution is 0.401. The Bertz CT molecular complexity index is 589. The molecule has 0 spiro atoms. The van der Waals surface area contributed by atoms with Gasteiger partial charge in [-0.1, -0.05) is 19.1 Å². The maximum absolute atomic E-state index is 5.68. The molecule has 1 heterocycles. The standard InChI is InChI=1S/C17H23NOS/c1-6-18-16(15-10-8-12(3)20-15)14-9-7-11(2)13(4)17(14)19-5/h7-10,16,18H,6H2,1-5H3. The summed E-state index contributed by atoms with van der Waals surface area (Å²) in [6, 6.07) is 8.95. The van der Waals surface area contributed by atoms with E-state index >= 15 is 0 Å². The number of nitrogens with one attached hydrogen (secondary N) is 1. The first-order valence-electron chi connectivity index (χ1n) is 7.02. The minimum Gasteiger partial charge on any atom is -0.496 e. The average molecular weight is 289 g/mol. The van der Waals surface area contributed by atoms with E-state index in [-0.39, 0.29) is 6.04 Å². The Labute approximate surface area is 125 Å². The molecule has 1 atom stereocenters. The van der Waals surface area contributed by atoms with Crippen LogP contribution in [0.15, 0.2) is 24.3 Å². The summed E-state index contributed by atoms with van der Waals surface area (Å²) in [6.45, 7) is 9.47. The highest BCUT2D eigenvalue weighted by molar-refractivity contribution is 7.12. The summed E-state index contributed by atoms with van der Waals surface area (Å²) in [4.78, 5) is 2.68. The molecule has 0 bridgehead atoms. The molecule has 0 radical (unpaired) electrons. The molecule has 1 N–H and O–H groups in total. The fourth-order valence-corrected chi connectivity index (χ4v) is 3.46. The molecule has 2 nitrogen and oxygen atoms in total. The predicted octanol–water partition coefficient (Wildman–Crippen LogP) is 4.38. The minimum absolute atomic E-state index is 0.202. The van der Waals surface area contributed by atoms with E-state index in [1.165, 1.54) is 26.4 Å². The van der Waals surface area contributed by atoms with Crippen LogP contribution in [0.4, 0.5) is 0 Å². The first kappa shape index (κ1) is 15.1. The van der Waals surface area contributed by atoms with Crippen molar-refractivity contribution in [2.75, 3.05) is 13.7 Å². The number of hydrogen-bond acceptors (Lipinski definition) is 3. The maximum Gasteiger partial charge on any atom is 0.127 e. The van der Waals surface area contributed by atoms with Gasteiger partial charge >= 0.3 is 0 Å². The normalized spacial score (nSPS) is 12.4. The molecule has 1 unspecified atom stereocenters. The smallest absolute Gasteiger partial charge is 0.127 e. The first-order chi connectivity index (χ1) is 9.58. The molecule has 2 rings (SSSR count). The monoisotopic (exact) mass is 289 g/mol. The summed E-state index contributed by atoms with van der Waals surface area (Å²) >= 11 is 1.84. The zero-order valence-corrected chi connectivity index (χ0v) is 13.7. The number of ether oxygens (including phenoxy) is 1. The van der Waals surface area contributed by atoms with Gasteiger partial charge in [0.1, 0.15) is 5.75 Å². The van der Waals surface area contributed by atoms with Crippen LogP contribution in [0.2, 0.25) is 0 Å². The van der Waals surface area contributed by atoms with Gasteiger partial charge < -0.3 is 10.1 Å². The van der Waals surface area contributed by atoms with Crippen LogP contribution in [0.1, 0.15) is 39.4 Å². The van der Waals surface area contributed by atoms with Gasteiger partial charge in [-0.3, -0.25) is 0 Å². The van der Waals surface area contributed by atoms with Crippen molar-refractivity contribution < 1.29 is 4.74 Å². The van der Waals surface area contributed by atoms with Crippen molar-refractivity contribution in [3.8, 4) is 5.75 Å². The lowest BCUT2D eigenvalue weighted by atomic mass is 9.98. The number of hydrogen-bond donors (Lipinski definition) is 1. The van der Waals surface area contributed by atoms with Crippen LogP contribution in [0, 0.1) is 20.8 Å². The summed E-state index contributed by atoms with van der Waals surface area (Å²) in [5, 5.41) is 3.58. The zero-order valence-electron chi connectivity index (χ0n) is 12.9. The molecule has 0 saturated carbocycles. The SMILES string of the molecule is CCNC(c1ccc(C)s1)c1ccc(C)c(C)c1OC. The van der Waals surface area contributed by atoms with E-state index in [0.717, 1.165) is 12.3 Å². The van der Waals surface area contributed by atoms with E-state index < -0.39 is 0 Å². The molecular weight excluding hydrogens is 266 g/mol. The molecule has 0 aliphatic carbocycles. The third-order valence-corrected chi connectivity index (χ3v) is 4.74. The van der Waals surface area contributed by atoms with Crippen molar-refractivity contribution >= 4 is 11.3 Å². The Morgan fingerprint density at radius 2 is 1.90 bits per heavy atom. The number of aryl methyl sites for hydroxylation is 2. The van der Waals surface area contributed by atoms with Gasteiger partial charge in [0.05, 0.1) is 13.2 Å². The number of benzene rings is 1. The maximum atomic E-state index is 5.68. The van der Waals surface area contributed by atoms with Crippen LogP contribution in [0.5, 0.6) is 5.75 Å². The quantitative estimate of drug-likeness (QED) is 0.882. The summed E-state index contributed by atoms with van der Waals surface area (Å²) in [5.41, 5.74) is 3.71. The van der Waals surface area contributed by atoms with Gasteiger partial charge in [0.15, 0.2) is 0 Å². The Kier molecular flexibility index (Phi) is 4.84. The Morgan fingerprint density at radius 3 is 2.45 bits per heavy atom. The van der Waals surface area contributed by atoms with Crippen molar-refractivity contribution in [2.45, 2.75) is 33.7 Å². The fourth-order valence-electron chi connectivity index (χ4n) is 2.49. The molecule has 108 valence electrons. The Hall–Kier alpha value is -1.32. The van der Waals surface area contributed by atoms with E-state index in [4.69, 9.17) is 4.74 Å². The van der Waals surface area contributed by atoms with Gasteiger partial charge in [0, 0.05) is 15.3 Å². The van der Waals surface area contributed by atoms with Crippen molar-refractivity contribution in [1.82, 2.24) is 5.32 Å². The van der Waals surface area contributed by atoms with Gasteiger partial charge in [-0.25, -0.2) is 0 Å². The number of methoxy groups -OCH3 is 1. The van der Waals surface area contributed by atoms with Crippen LogP contribution in [0.3, 0.4) is 0 Å². The number of rotatable bonds is 5. The van der Waals surface area contributed by atoms with Crippen LogP contribution in [-0.4, -0.2) is 13.7 Å². The molecule has 2 aromatic rings. The van der Waals surface area contributed by atoms with Crippen LogP contribution in [0.25, 0.3) is 0 Å². The first-order valence-corrected chi connectivity index (χ1v) is 7.84. The third-order valence-electron chi connectivity index (χ3n) is 3.68. The van der Waals surface area contributed by atoms with Crippen LogP contribution in [-0.2, 0) is 0 Å². The summed E-state index contributed by atoms with van der Waals surface area (Å²) < 4.78 is 5.68. The summed E-state index contributed by atoms with van der Waals surface area (Å²) in [6.07, 6.45) is 0. The Balaban J connectivity index is 2.52. The highest BCUT2D eigenvalue weighted by atomic mass is 32.1. The molecule has 0 aliphatic rings. The summed E-state index contributed by atoms with van der Waals surface area (Å²) in [7, 11) is 1.76. The van der Waals surface area contributed by atoms with Gasteiger partial charge in [-0.05, 0) is 50.6 Å². The van der Waals surface area contributed by atoms with Crippen molar-refractivity contribution in [3.05, 3.63) is 50.7 Å². The highest BCUT2D eigenvalue weighted by Crippen LogP contribution is 2.36. The molecule has 0 saturated heterocycles. The number of thiophene rings is 1. The molecule has 0 amide bonds. The molecule has 0 fully saturated rings. The molecular formula is C17H23NOS. The van der Waals surface area contributed by atoms with Crippen LogP contribution >= 0.6 is 11.3 Å². The second kappa shape index (κ2) is 6.42. The van der Waals surface area contributed by atoms with E-state index in [2.05, 4.69) is 57.3 Å². The van der Waals surface area contributed by atoms with Crippen molar-refractivity contribution in [1.29, 1.82) is 0 Å². The predicted molar refractivity (Wildman–Crippen MR) is 87.0 cm³/mol. The third kappa shape index (κ3) is 2.89. The van der Waals surface area contributed by atoms with Crippen LogP contribution < -0.4 is 10.1 Å². The van der Waals surface area contributed by atoms with Gasteiger partial charge in [-0.15, -0.1) is 11.3 Å². The van der Waals surface area contributed by atoms with Gasteiger partial charge in [-0.2, -0.15) is 0 Å². The largest absolute Gasteiger partial charge is 0.496 e. The lowest BCUT2D eigenvalue weighted by Crippen LogP contribution is -2.22. The molecule has 1 aromatic carbocycles. The van der Waals surface area contributed by atoms with E-state index in [9.17, 15) is 0 Å². The topological polar surface area (TPSA) is 21.3 Å².